The summed E-state index contributed by atoms with van der Waals surface area (Å²) >= 11 is 2.26. The van der Waals surface area contributed by atoms with Gasteiger partial charge in [-0.1, -0.05) is 18.6 Å². The van der Waals surface area contributed by atoms with Crippen LogP contribution in [0, 0.1) is 14.9 Å². The molecule has 6 rings (SSSR count). The van der Waals surface area contributed by atoms with E-state index in [4.69, 9.17) is 4.74 Å². The summed E-state index contributed by atoms with van der Waals surface area (Å²) in [7, 11) is 0. The van der Waals surface area contributed by atoms with E-state index in [-0.39, 0.29) is 121 Å². The molecule has 3 aliphatic heterocycles. The quantitative estimate of drug-likeness (QED) is 0.0190. The number of benzene rings is 2. The number of fused-ring (bicyclic) bond motifs is 1. The Balaban J connectivity index is 0.925. The molecular formula is C65H92F2IN13O13. The van der Waals surface area contributed by atoms with Gasteiger partial charge in [0, 0.05) is 144 Å². The van der Waals surface area contributed by atoms with Gasteiger partial charge in [-0.2, -0.15) is 5.26 Å². The largest absolute Gasteiger partial charge is 0.494 e. The SMILES string of the molecule is CC(NCCCCC(NC(=O)CN1CCN(CC(=O)O)CCN(CC(=O)O)CCN(CC(=O)O)CC1)C(=O)NCCCCCC(=O)N1CCN(CCCOc2ccc3nccc(C(=O)CCC(=O)N4CC(F)(F)C[C@@H]4C#N)c3c2)CC1)NC(=O)CCCc1ccc(I)cc1. The molecule has 2 aromatic carbocycles. The van der Waals surface area contributed by atoms with Crippen LogP contribution in [0.4, 0.5) is 8.78 Å². The van der Waals surface area contributed by atoms with Crippen molar-refractivity contribution >= 4 is 86.7 Å². The van der Waals surface area contributed by atoms with Crippen LogP contribution in [0.5, 0.6) is 5.75 Å². The number of carboxylic acids is 3. The van der Waals surface area contributed by atoms with Crippen molar-refractivity contribution in [2.75, 3.05) is 138 Å². The summed E-state index contributed by atoms with van der Waals surface area (Å²) in [6, 6.07) is 14.6. The number of piperazine rings is 1. The number of carboxylic acid groups (broad SMARTS) is 3. The van der Waals surface area contributed by atoms with E-state index < -0.39 is 60.7 Å². The number of carbonyl (C=O) groups is 9. The van der Waals surface area contributed by atoms with E-state index in [1.165, 1.54) is 11.8 Å². The van der Waals surface area contributed by atoms with Gasteiger partial charge >= 0.3 is 17.9 Å². The van der Waals surface area contributed by atoms with Crippen molar-refractivity contribution in [2.24, 2.45) is 0 Å². The predicted octanol–water partition coefficient (Wildman–Crippen LogP) is 3.36. The average molecular weight is 1430 g/mol. The molecule has 7 N–H and O–H groups in total. The third kappa shape index (κ3) is 27.7. The molecule has 0 radical (unpaired) electrons. The zero-order chi connectivity index (χ0) is 68.0. The number of Topliss-reactive ketones (excluding diaryl/α,β-unsaturated/α-hetero) is 1. The Kier molecular flexibility index (Phi) is 32.1. The summed E-state index contributed by atoms with van der Waals surface area (Å²) in [6.07, 6.45) is 6.18. The minimum absolute atomic E-state index is 0.0534. The first-order valence-corrected chi connectivity index (χ1v) is 33.6. The molecule has 29 heteroatoms. The first-order valence-electron chi connectivity index (χ1n) is 32.5. The van der Waals surface area contributed by atoms with E-state index in [9.17, 15) is 72.5 Å². The summed E-state index contributed by atoms with van der Waals surface area (Å²) in [4.78, 5) is 131. The van der Waals surface area contributed by atoms with Crippen LogP contribution in [0.25, 0.3) is 10.9 Å². The van der Waals surface area contributed by atoms with E-state index in [0.717, 1.165) is 21.4 Å². The molecule has 3 fully saturated rings. The van der Waals surface area contributed by atoms with Gasteiger partial charge in [-0.3, -0.25) is 78.0 Å². The molecule has 4 heterocycles. The lowest BCUT2D eigenvalue weighted by Crippen LogP contribution is -2.52. The fourth-order valence-electron chi connectivity index (χ4n) is 11.7. The number of rotatable bonds is 36. The Labute approximate surface area is 561 Å². The number of amides is 5. The van der Waals surface area contributed by atoms with Crippen molar-refractivity contribution in [3.8, 4) is 11.8 Å². The highest BCUT2D eigenvalue weighted by Gasteiger charge is 2.47. The number of aromatic nitrogens is 1. The van der Waals surface area contributed by atoms with Crippen molar-refractivity contribution < 1.29 is 72.0 Å². The van der Waals surface area contributed by atoms with Crippen LogP contribution in [0.15, 0.2) is 54.7 Å². The van der Waals surface area contributed by atoms with Gasteiger partial charge in [0.15, 0.2) is 5.78 Å². The highest BCUT2D eigenvalue weighted by atomic mass is 127. The first-order chi connectivity index (χ1) is 45.0. The average Bonchev–Trinajstić information content (AvgIpc) is 1.02. The number of pyridine rings is 1. The summed E-state index contributed by atoms with van der Waals surface area (Å²) < 4.78 is 35.1. The predicted molar refractivity (Wildman–Crippen MR) is 353 cm³/mol. The smallest absolute Gasteiger partial charge is 0.317 e. The number of unbranched alkanes of at least 4 members (excludes halogenated alkanes) is 3. The van der Waals surface area contributed by atoms with Crippen LogP contribution in [-0.4, -0.2) is 270 Å². The number of likely N-dealkylation sites (tertiary alicyclic amines) is 1. The second kappa shape index (κ2) is 39.7. The molecule has 3 aromatic rings. The minimum atomic E-state index is -3.15. The number of alkyl halides is 2. The Morgan fingerprint density at radius 2 is 1.28 bits per heavy atom. The van der Waals surface area contributed by atoms with Crippen LogP contribution < -0.4 is 26.0 Å². The van der Waals surface area contributed by atoms with Crippen molar-refractivity contribution in [3.63, 3.8) is 0 Å². The van der Waals surface area contributed by atoms with E-state index >= 15 is 0 Å². The number of nitriles is 1. The van der Waals surface area contributed by atoms with E-state index in [1.54, 1.807) is 49.9 Å². The van der Waals surface area contributed by atoms with Gasteiger partial charge in [-0.15, -0.1) is 0 Å². The van der Waals surface area contributed by atoms with Crippen molar-refractivity contribution in [3.05, 3.63) is 69.4 Å². The van der Waals surface area contributed by atoms with Crippen LogP contribution in [0.2, 0.25) is 0 Å². The summed E-state index contributed by atoms with van der Waals surface area (Å²) in [5, 5.41) is 50.9. The highest BCUT2D eigenvalue weighted by molar-refractivity contribution is 14.1. The van der Waals surface area contributed by atoms with Crippen molar-refractivity contribution in [1.29, 1.82) is 5.26 Å². The number of ether oxygens (including phenoxy) is 1. The Bertz CT molecular complexity index is 3020. The molecule has 5 amide bonds. The third-order valence-corrected chi connectivity index (χ3v) is 17.6. The molecule has 516 valence electrons. The Hall–Kier alpha value is -7.08. The van der Waals surface area contributed by atoms with Crippen LogP contribution in [0.3, 0.4) is 0 Å². The second-order valence-electron chi connectivity index (χ2n) is 24.3. The third-order valence-electron chi connectivity index (χ3n) is 16.9. The lowest BCUT2D eigenvalue weighted by Gasteiger charge is -2.34. The number of nitrogens with zero attached hydrogens (tertiary/aromatic N) is 9. The molecule has 3 atom stereocenters. The normalized spacial score (nSPS) is 17.8. The number of aliphatic carboxylic acids is 3. The zero-order valence-electron chi connectivity index (χ0n) is 53.8. The number of hydrogen-bond donors (Lipinski definition) is 7. The number of nitrogens with one attached hydrogen (secondary N) is 4. The summed E-state index contributed by atoms with van der Waals surface area (Å²) in [6.45, 7) is 6.17. The molecule has 94 heavy (non-hydrogen) atoms. The maximum atomic E-state index is 13.9. The van der Waals surface area contributed by atoms with Crippen LogP contribution >= 0.6 is 22.6 Å². The molecule has 0 aliphatic carbocycles. The molecule has 0 bridgehead atoms. The van der Waals surface area contributed by atoms with Crippen LogP contribution in [0.1, 0.15) is 106 Å². The van der Waals surface area contributed by atoms with Gasteiger partial charge in [0.2, 0.25) is 29.5 Å². The van der Waals surface area contributed by atoms with Gasteiger partial charge < -0.3 is 45.8 Å². The van der Waals surface area contributed by atoms with Gasteiger partial charge in [-0.05, 0) is 129 Å². The lowest BCUT2D eigenvalue weighted by molar-refractivity contribution is -0.140. The van der Waals surface area contributed by atoms with E-state index in [0.29, 0.717) is 132 Å². The van der Waals surface area contributed by atoms with Gasteiger partial charge in [-0.25, -0.2) is 8.78 Å². The van der Waals surface area contributed by atoms with Crippen molar-refractivity contribution in [1.82, 2.24) is 60.6 Å². The number of hydrogen-bond acceptors (Lipinski definition) is 18. The number of halogens is 3. The van der Waals surface area contributed by atoms with Crippen LogP contribution in [-0.2, 0) is 44.8 Å². The molecule has 3 saturated heterocycles. The Morgan fingerprint density at radius 1 is 0.670 bits per heavy atom. The fraction of sp³-hybridized carbons (Fsp3) is 0.615. The molecule has 3 aliphatic rings. The molecule has 0 spiro atoms. The fourth-order valence-corrected chi connectivity index (χ4v) is 12.0. The number of ketones is 1. The first kappa shape index (κ1) is 75.9. The Morgan fingerprint density at radius 3 is 1.89 bits per heavy atom. The van der Waals surface area contributed by atoms with Gasteiger partial charge in [0.25, 0.3) is 5.92 Å². The van der Waals surface area contributed by atoms with E-state index in [2.05, 4.69) is 65.9 Å². The summed E-state index contributed by atoms with van der Waals surface area (Å²) in [5.41, 5.74) is 2.04. The molecule has 2 unspecified atom stereocenters. The molecule has 0 saturated carbocycles. The monoisotopic (exact) mass is 1430 g/mol. The topological polar surface area (TPSA) is 331 Å². The standard InChI is InChI=1S/C65H92F2IN13O13/c1-47(73-57(83)11-7-9-48-13-15-49(68)16-14-48)70-22-6-4-10-55(74-58(84)42-76-26-28-77(43-61(87)88)30-32-79(45-63(91)92)33-31-78(29-27-76)44-62(89)90)64(93)72-23-5-2-3-12-59(85)80-36-34-75(35-37-80)25-8-38-94-51-17-18-54-53(39-51)52(21-24-71-54)56(82)19-20-60(86)81-46-65(66,67)40-50(81)41-69/h13-18,21,24,39,47,50,55,70H,2-12,19-20,22-23,25-38,40,42-46H2,1H3,(H,72,93)(H,73,83)(H,74,84)(H,87,88)(H,89,90)(H,91,92)/t47?,50-,55?/m1/s1. The lowest BCUT2D eigenvalue weighted by atomic mass is 10.0. The molecular weight excluding hydrogens is 1340 g/mol. The van der Waals surface area contributed by atoms with Gasteiger partial charge in [0.05, 0.1) is 57.1 Å². The maximum Gasteiger partial charge on any atom is 0.317 e. The van der Waals surface area contributed by atoms with Gasteiger partial charge in [0.1, 0.15) is 17.8 Å². The van der Waals surface area contributed by atoms with E-state index in [1.807, 2.05) is 24.0 Å². The molecule has 1 aromatic heterocycles. The van der Waals surface area contributed by atoms with Crippen molar-refractivity contribution in [2.45, 2.75) is 121 Å². The highest BCUT2D eigenvalue weighted by Crippen LogP contribution is 2.33. The second-order valence-corrected chi connectivity index (χ2v) is 25.6. The zero-order valence-corrected chi connectivity index (χ0v) is 55.9. The minimum Gasteiger partial charge on any atom is -0.494 e. The summed E-state index contributed by atoms with van der Waals surface area (Å²) in [5.74, 6) is -7.71. The number of carbonyl (C=O) groups excluding carboxylic acids is 6. The molecule has 26 nitrogen and oxygen atoms in total. The maximum absolute atomic E-state index is 13.9. The number of aryl methyl sites for hydroxylation is 1.